The van der Waals surface area contributed by atoms with Gasteiger partial charge < -0.3 is 0 Å². The Balaban J connectivity index is 1.61. The Morgan fingerprint density at radius 2 is 1.75 bits per heavy atom. The third-order valence-electron chi connectivity index (χ3n) is 5.05. The molecule has 0 saturated carbocycles. The summed E-state index contributed by atoms with van der Waals surface area (Å²) in [5.41, 5.74) is 2.72. The van der Waals surface area contributed by atoms with Crippen LogP contribution in [0.5, 0.6) is 0 Å². The van der Waals surface area contributed by atoms with Crippen LogP contribution >= 0.6 is 0 Å². The number of amides is 1. The van der Waals surface area contributed by atoms with Crippen LogP contribution in [-0.4, -0.2) is 59.5 Å². The van der Waals surface area contributed by atoms with Crippen molar-refractivity contribution in [2.75, 3.05) is 26.2 Å². The van der Waals surface area contributed by atoms with Gasteiger partial charge in [0.25, 0.3) is 5.91 Å². The third-order valence-corrected chi connectivity index (χ3v) is 6.54. The molecular formula is C19H27N5O3S. The second-order valence-corrected chi connectivity index (χ2v) is 8.63. The number of piperazine rings is 1. The van der Waals surface area contributed by atoms with E-state index in [9.17, 15) is 13.2 Å². The van der Waals surface area contributed by atoms with Gasteiger partial charge in [-0.15, -0.1) is 0 Å². The van der Waals surface area contributed by atoms with Crippen molar-refractivity contribution in [2.24, 2.45) is 0 Å². The fourth-order valence-corrected chi connectivity index (χ4v) is 4.65. The topological polar surface area (TPSA) is 87.5 Å². The first-order valence-electron chi connectivity index (χ1n) is 9.44. The molecule has 1 aliphatic heterocycles. The zero-order valence-corrected chi connectivity index (χ0v) is 17.4. The molecule has 0 aliphatic carbocycles. The van der Waals surface area contributed by atoms with E-state index >= 15 is 0 Å². The molecule has 0 atom stereocenters. The minimum absolute atomic E-state index is 0.327. The van der Waals surface area contributed by atoms with Gasteiger partial charge in [0.05, 0.1) is 11.3 Å². The summed E-state index contributed by atoms with van der Waals surface area (Å²) in [5.74, 6) is -0.624. The second-order valence-electron chi connectivity index (χ2n) is 6.96. The van der Waals surface area contributed by atoms with Crippen molar-refractivity contribution < 1.29 is 13.2 Å². The number of hydrogen-bond donors (Lipinski definition) is 1. The maximum Gasteiger partial charge on any atom is 0.304 e. The number of nitrogens with zero attached hydrogens (tertiary/aromatic N) is 4. The molecule has 3 rings (SSSR count). The predicted molar refractivity (Wildman–Crippen MR) is 107 cm³/mol. The van der Waals surface area contributed by atoms with E-state index in [1.165, 1.54) is 9.87 Å². The van der Waals surface area contributed by atoms with E-state index in [1.54, 1.807) is 18.5 Å². The summed E-state index contributed by atoms with van der Waals surface area (Å²) in [5, 5.41) is 4.28. The molecule has 1 aliphatic rings. The number of carbonyl (C=O) groups is 1. The van der Waals surface area contributed by atoms with Crippen LogP contribution in [0.4, 0.5) is 0 Å². The summed E-state index contributed by atoms with van der Waals surface area (Å²) in [6.07, 6.45) is 0. The van der Waals surface area contributed by atoms with Crippen LogP contribution in [0.25, 0.3) is 0 Å². The van der Waals surface area contributed by atoms with Gasteiger partial charge in [0.15, 0.2) is 0 Å². The van der Waals surface area contributed by atoms with Crippen LogP contribution < -0.4 is 4.72 Å². The summed E-state index contributed by atoms with van der Waals surface area (Å²) in [6, 6.07) is 10.1. The van der Waals surface area contributed by atoms with Crippen LogP contribution in [0.3, 0.4) is 0 Å². The Morgan fingerprint density at radius 3 is 2.32 bits per heavy atom. The van der Waals surface area contributed by atoms with Crippen LogP contribution in [0.2, 0.25) is 0 Å². The van der Waals surface area contributed by atoms with E-state index in [1.807, 2.05) is 25.1 Å². The number of aromatic nitrogens is 2. The summed E-state index contributed by atoms with van der Waals surface area (Å²) < 4.78 is 30.6. The van der Waals surface area contributed by atoms with Gasteiger partial charge in [0, 0.05) is 45.0 Å². The summed E-state index contributed by atoms with van der Waals surface area (Å²) in [6.45, 7) is 8.75. The average Bonchev–Trinajstić information content (AvgIpc) is 2.96. The number of rotatable bonds is 6. The molecule has 1 fully saturated rings. The molecule has 0 radical (unpaired) electrons. The van der Waals surface area contributed by atoms with Crippen LogP contribution in [0.15, 0.2) is 30.3 Å². The summed E-state index contributed by atoms with van der Waals surface area (Å²) >= 11 is 0. The molecule has 0 unspecified atom stereocenters. The fourth-order valence-electron chi connectivity index (χ4n) is 3.54. The van der Waals surface area contributed by atoms with Gasteiger partial charge in [0.2, 0.25) is 0 Å². The van der Waals surface area contributed by atoms with Crippen molar-refractivity contribution >= 4 is 16.1 Å². The Bertz CT molecular complexity index is 932. The van der Waals surface area contributed by atoms with Gasteiger partial charge in [-0.2, -0.15) is 17.8 Å². The van der Waals surface area contributed by atoms with Gasteiger partial charge in [0.1, 0.15) is 0 Å². The standard InChI is InChI=1S/C19H27N5O3S/c1-4-24-16(3)18(15(2)20-24)19(25)21-28(26,27)23-12-10-22(11-13-23)14-17-8-6-5-7-9-17/h5-9H,4,10-14H2,1-3H3,(H,21,25). The zero-order valence-electron chi connectivity index (χ0n) is 16.6. The Morgan fingerprint density at radius 1 is 1.11 bits per heavy atom. The molecule has 28 heavy (non-hydrogen) atoms. The largest absolute Gasteiger partial charge is 0.304 e. The SMILES string of the molecule is CCn1nc(C)c(C(=O)NS(=O)(=O)N2CCN(Cc3ccccc3)CC2)c1C. The van der Waals surface area contributed by atoms with E-state index in [-0.39, 0.29) is 0 Å². The monoisotopic (exact) mass is 405 g/mol. The molecule has 1 amide bonds. The first-order chi connectivity index (χ1) is 13.3. The molecule has 1 saturated heterocycles. The maximum atomic E-state index is 12.7. The Hall–Kier alpha value is -2.23. The predicted octanol–water partition coefficient (Wildman–Crippen LogP) is 1.31. The molecular weight excluding hydrogens is 378 g/mol. The maximum absolute atomic E-state index is 12.7. The lowest BCUT2D eigenvalue weighted by molar-refractivity contribution is 0.0975. The average molecular weight is 406 g/mol. The van der Waals surface area contributed by atoms with Gasteiger partial charge in [-0.1, -0.05) is 30.3 Å². The van der Waals surface area contributed by atoms with Gasteiger partial charge >= 0.3 is 10.2 Å². The number of hydrogen-bond acceptors (Lipinski definition) is 5. The van der Waals surface area contributed by atoms with Gasteiger partial charge in [-0.3, -0.25) is 14.4 Å². The number of nitrogens with one attached hydrogen (secondary N) is 1. The van der Waals surface area contributed by atoms with E-state index in [2.05, 4.69) is 26.9 Å². The van der Waals surface area contributed by atoms with Crippen LogP contribution in [0.1, 0.15) is 34.2 Å². The molecule has 9 heteroatoms. The second kappa shape index (κ2) is 8.42. The molecule has 8 nitrogen and oxygen atoms in total. The molecule has 152 valence electrons. The molecule has 1 aromatic heterocycles. The minimum Gasteiger partial charge on any atom is -0.296 e. The highest BCUT2D eigenvalue weighted by molar-refractivity contribution is 7.87. The van der Waals surface area contributed by atoms with E-state index in [0.717, 1.165) is 6.54 Å². The van der Waals surface area contributed by atoms with Gasteiger partial charge in [-0.05, 0) is 26.3 Å². The highest BCUT2D eigenvalue weighted by atomic mass is 32.2. The van der Waals surface area contributed by atoms with E-state index in [0.29, 0.717) is 49.7 Å². The van der Waals surface area contributed by atoms with Crippen molar-refractivity contribution in [1.82, 2.24) is 23.7 Å². The molecule has 1 aromatic carbocycles. The van der Waals surface area contributed by atoms with Crippen molar-refractivity contribution in [1.29, 1.82) is 0 Å². The molecule has 0 spiro atoms. The first-order valence-corrected chi connectivity index (χ1v) is 10.9. The molecule has 0 bridgehead atoms. The number of aryl methyl sites for hydroxylation is 2. The number of benzene rings is 1. The van der Waals surface area contributed by atoms with Crippen molar-refractivity contribution in [2.45, 2.75) is 33.9 Å². The number of carbonyl (C=O) groups excluding carboxylic acids is 1. The van der Waals surface area contributed by atoms with Crippen LogP contribution in [-0.2, 0) is 23.3 Å². The lowest BCUT2D eigenvalue weighted by Gasteiger charge is -2.33. The smallest absolute Gasteiger partial charge is 0.296 e. The van der Waals surface area contributed by atoms with Gasteiger partial charge in [-0.25, -0.2) is 4.72 Å². The molecule has 1 N–H and O–H groups in total. The van der Waals surface area contributed by atoms with Crippen molar-refractivity contribution in [3.63, 3.8) is 0 Å². The highest BCUT2D eigenvalue weighted by Gasteiger charge is 2.30. The molecule has 2 aromatic rings. The quantitative estimate of drug-likeness (QED) is 0.783. The minimum atomic E-state index is -3.89. The zero-order chi connectivity index (χ0) is 20.3. The Kier molecular flexibility index (Phi) is 6.17. The lowest BCUT2D eigenvalue weighted by Crippen LogP contribution is -2.52. The lowest BCUT2D eigenvalue weighted by atomic mass is 10.2. The highest BCUT2D eigenvalue weighted by Crippen LogP contribution is 2.15. The summed E-state index contributed by atoms with van der Waals surface area (Å²) in [4.78, 5) is 14.8. The van der Waals surface area contributed by atoms with E-state index in [4.69, 9.17) is 0 Å². The van der Waals surface area contributed by atoms with Crippen molar-refractivity contribution in [3.8, 4) is 0 Å². The summed E-state index contributed by atoms with van der Waals surface area (Å²) in [7, 11) is -3.89. The normalized spacial score (nSPS) is 16.2. The Labute approximate surface area is 166 Å². The fraction of sp³-hybridized carbons (Fsp3) is 0.474. The molecule has 2 heterocycles. The van der Waals surface area contributed by atoms with Crippen molar-refractivity contribution in [3.05, 3.63) is 52.8 Å². The first kappa shape index (κ1) is 20.5. The van der Waals surface area contributed by atoms with Crippen LogP contribution in [0, 0.1) is 13.8 Å². The third kappa shape index (κ3) is 4.43. The van der Waals surface area contributed by atoms with E-state index < -0.39 is 16.1 Å².